The maximum absolute atomic E-state index is 12.7. The Morgan fingerprint density at radius 3 is 2.21 bits per heavy atom. The molecular formula is C24H25NO4. The van der Waals surface area contributed by atoms with E-state index >= 15 is 0 Å². The summed E-state index contributed by atoms with van der Waals surface area (Å²) in [5.41, 5.74) is 3.32. The van der Waals surface area contributed by atoms with Crippen LogP contribution in [0.5, 0.6) is 17.2 Å². The highest BCUT2D eigenvalue weighted by Crippen LogP contribution is 2.24. The number of methoxy groups -OCH3 is 2. The van der Waals surface area contributed by atoms with Crippen molar-refractivity contribution in [2.24, 2.45) is 0 Å². The molecule has 0 unspecified atom stereocenters. The van der Waals surface area contributed by atoms with Gasteiger partial charge in [0.25, 0.3) is 5.91 Å². The Morgan fingerprint density at radius 1 is 0.828 bits per heavy atom. The van der Waals surface area contributed by atoms with Gasteiger partial charge in [-0.05, 0) is 42.8 Å². The van der Waals surface area contributed by atoms with Crippen LogP contribution < -0.4 is 19.5 Å². The van der Waals surface area contributed by atoms with Crippen LogP contribution in [0.25, 0.3) is 0 Å². The zero-order chi connectivity index (χ0) is 20.6. The Labute approximate surface area is 171 Å². The smallest absolute Gasteiger partial charge is 0.251 e. The lowest BCUT2D eigenvalue weighted by Gasteiger charge is -2.14. The standard InChI is InChI=1S/C24H25NO4/c1-17-8-4-6-10-21(17)29-16-20-14-18(12-13-23(20)28-3)24(26)25-15-19-9-5-7-11-22(19)27-2/h4-14H,15-16H2,1-3H3,(H,25,26). The molecule has 150 valence electrons. The molecule has 0 atom stereocenters. The van der Waals surface area contributed by atoms with Crippen molar-refractivity contribution in [3.63, 3.8) is 0 Å². The molecule has 0 aromatic heterocycles. The van der Waals surface area contributed by atoms with Crippen LogP contribution >= 0.6 is 0 Å². The van der Waals surface area contributed by atoms with Gasteiger partial charge in [-0.25, -0.2) is 0 Å². The third-order valence-corrected chi connectivity index (χ3v) is 4.65. The minimum Gasteiger partial charge on any atom is -0.496 e. The summed E-state index contributed by atoms with van der Waals surface area (Å²) < 4.78 is 16.7. The quantitative estimate of drug-likeness (QED) is 0.613. The van der Waals surface area contributed by atoms with E-state index < -0.39 is 0 Å². The molecule has 0 saturated carbocycles. The first kappa shape index (κ1) is 20.3. The fraction of sp³-hybridized carbons (Fsp3) is 0.208. The normalized spacial score (nSPS) is 10.3. The number of ether oxygens (including phenoxy) is 3. The first-order valence-electron chi connectivity index (χ1n) is 9.38. The molecule has 0 aliphatic rings. The van der Waals surface area contributed by atoms with E-state index in [2.05, 4.69) is 5.32 Å². The van der Waals surface area contributed by atoms with Crippen LogP contribution in [0, 0.1) is 6.92 Å². The van der Waals surface area contributed by atoms with Gasteiger partial charge in [0, 0.05) is 23.2 Å². The summed E-state index contributed by atoms with van der Waals surface area (Å²) in [6.07, 6.45) is 0. The average molecular weight is 391 g/mol. The van der Waals surface area contributed by atoms with E-state index in [0.29, 0.717) is 24.5 Å². The average Bonchev–Trinajstić information content (AvgIpc) is 2.76. The molecule has 0 radical (unpaired) electrons. The van der Waals surface area contributed by atoms with Gasteiger partial charge in [0.1, 0.15) is 23.9 Å². The summed E-state index contributed by atoms with van der Waals surface area (Å²) >= 11 is 0. The summed E-state index contributed by atoms with van der Waals surface area (Å²) in [4.78, 5) is 12.7. The summed E-state index contributed by atoms with van der Waals surface area (Å²) in [5, 5.41) is 2.94. The van der Waals surface area contributed by atoms with Crippen molar-refractivity contribution < 1.29 is 19.0 Å². The van der Waals surface area contributed by atoms with Crippen LogP contribution in [-0.4, -0.2) is 20.1 Å². The van der Waals surface area contributed by atoms with Crippen molar-refractivity contribution in [1.82, 2.24) is 5.32 Å². The van der Waals surface area contributed by atoms with Gasteiger partial charge >= 0.3 is 0 Å². The molecule has 3 aromatic rings. The highest BCUT2D eigenvalue weighted by Gasteiger charge is 2.12. The van der Waals surface area contributed by atoms with Crippen LogP contribution in [-0.2, 0) is 13.2 Å². The van der Waals surface area contributed by atoms with E-state index in [1.165, 1.54) is 0 Å². The van der Waals surface area contributed by atoms with Gasteiger partial charge in [-0.1, -0.05) is 36.4 Å². The van der Waals surface area contributed by atoms with E-state index in [0.717, 1.165) is 28.2 Å². The second kappa shape index (κ2) is 9.64. The molecule has 0 heterocycles. The second-order valence-corrected chi connectivity index (χ2v) is 6.58. The first-order valence-corrected chi connectivity index (χ1v) is 9.38. The number of benzene rings is 3. The molecule has 3 rings (SSSR count). The fourth-order valence-electron chi connectivity index (χ4n) is 3.03. The maximum Gasteiger partial charge on any atom is 0.251 e. The van der Waals surface area contributed by atoms with E-state index in [1.807, 2.05) is 55.5 Å². The number of hydrogen-bond acceptors (Lipinski definition) is 4. The number of carbonyl (C=O) groups excluding carboxylic acids is 1. The Hall–Kier alpha value is -3.47. The molecule has 0 saturated heterocycles. The van der Waals surface area contributed by atoms with Crippen molar-refractivity contribution in [3.05, 3.63) is 89.0 Å². The molecule has 3 aromatic carbocycles. The Balaban J connectivity index is 1.71. The molecule has 29 heavy (non-hydrogen) atoms. The van der Waals surface area contributed by atoms with Gasteiger partial charge in [0.2, 0.25) is 0 Å². The van der Waals surface area contributed by atoms with E-state index in [-0.39, 0.29) is 5.91 Å². The molecule has 0 aliphatic carbocycles. The highest BCUT2D eigenvalue weighted by atomic mass is 16.5. The SMILES string of the molecule is COc1ccccc1CNC(=O)c1ccc(OC)c(COc2ccccc2C)c1. The Morgan fingerprint density at radius 2 is 1.48 bits per heavy atom. The van der Waals surface area contributed by atoms with Gasteiger partial charge in [-0.3, -0.25) is 4.79 Å². The lowest BCUT2D eigenvalue weighted by molar-refractivity contribution is 0.0950. The van der Waals surface area contributed by atoms with Crippen molar-refractivity contribution in [3.8, 4) is 17.2 Å². The van der Waals surface area contributed by atoms with Crippen molar-refractivity contribution in [1.29, 1.82) is 0 Å². The van der Waals surface area contributed by atoms with Crippen molar-refractivity contribution in [2.45, 2.75) is 20.1 Å². The van der Waals surface area contributed by atoms with Crippen LogP contribution in [0.1, 0.15) is 27.0 Å². The minimum absolute atomic E-state index is 0.171. The number of carbonyl (C=O) groups is 1. The molecule has 0 spiro atoms. The van der Waals surface area contributed by atoms with Gasteiger partial charge in [0.05, 0.1) is 14.2 Å². The third-order valence-electron chi connectivity index (χ3n) is 4.65. The van der Waals surface area contributed by atoms with Crippen molar-refractivity contribution >= 4 is 5.91 Å². The second-order valence-electron chi connectivity index (χ2n) is 6.58. The van der Waals surface area contributed by atoms with Crippen LogP contribution in [0.2, 0.25) is 0 Å². The summed E-state index contributed by atoms with van der Waals surface area (Å²) in [5.74, 6) is 2.06. The lowest BCUT2D eigenvalue weighted by atomic mass is 10.1. The fourth-order valence-corrected chi connectivity index (χ4v) is 3.03. The first-order chi connectivity index (χ1) is 14.1. The lowest BCUT2D eigenvalue weighted by Crippen LogP contribution is -2.23. The number of amides is 1. The van der Waals surface area contributed by atoms with Gasteiger partial charge in [0.15, 0.2) is 0 Å². The Kier molecular flexibility index (Phi) is 6.74. The number of nitrogens with one attached hydrogen (secondary N) is 1. The number of aryl methyl sites for hydroxylation is 1. The monoisotopic (exact) mass is 391 g/mol. The van der Waals surface area contributed by atoms with Crippen molar-refractivity contribution in [2.75, 3.05) is 14.2 Å². The molecule has 0 bridgehead atoms. The molecule has 1 N–H and O–H groups in total. The topological polar surface area (TPSA) is 56.8 Å². The van der Waals surface area contributed by atoms with Crippen LogP contribution in [0.3, 0.4) is 0 Å². The number of rotatable bonds is 8. The third kappa shape index (κ3) is 5.08. The van der Waals surface area contributed by atoms with Gasteiger partial charge in [-0.15, -0.1) is 0 Å². The Bertz CT molecular complexity index is 984. The zero-order valence-electron chi connectivity index (χ0n) is 16.9. The van der Waals surface area contributed by atoms with E-state index in [1.54, 1.807) is 32.4 Å². The summed E-state index contributed by atoms with van der Waals surface area (Å²) in [6.45, 7) is 2.68. The molecule has 5 nitrogen and oxygen atoms in total. The predicted molar refractivity (Wildman–Crippen MR) is 113 cm³/mol. The number of para-hydroxylation sites is 2. The molecular weight excluding hydrogens is 366 g/mol. The van der Waals surface area contributed by atoms with Crippen LogP contribution in [0.4, 0.5) is 0 Å². The van der Waals surface area contributed by atoms with Crippen LogP contribution in [0.15, 0.2) is 66.7 Å². The molecule has 0 aliphatic heterocycles. The molecule has 0 fully saturated rings. The minimum atomic E-state index is -0.171. The maximum atomic E-state index is 12.7. The zero-order valence-corrected chi connectivity index (χ0v) is 16.9. The molecule has 5 heteroatoms. The number of hydrogen-bond donors (Lipinski definition) is 1. The van der Waals surface area contributed by atoms with Gasteiger partial charge in [-0.2, -0.15) is 0 Å². The van der Waals surface area contributed by atoms with E-state index in [4.69, 9.17) is 14.2 Å². The summed E-state index contributed by atoms with van der Waals surface area (Å²) in [7, 11) is 3.22. The molecule has 1 amide bonds. The summed E-state index contributed by atoms with van der Waals surface area (Å²) in [6, 6.07) is 20.8. The predicted octanol–water partition coefficient (Wildman–Crippen LogP) is 4.52. The highest BCUT2D eigenvalue weighted by molar-refractivity contribution is 5.94. The van der Waals surface area contributed by atoms with Gasteiger partial charge < -0.3 is 19.5 Å². The van der Waals surface area contributed by atoms with E-state index in [9.17, 15) is 4.79 Å². The largest absolute Gasteiger partial charge is 0.496 e.